The van der Waals surface area contributed by atoms with Crippen molar-refractivity contribution in [3.63, 3.8) is 0 Å². The molecule has 0 aliphatic rings. The van der Waals surface area contributed by atoms with E-state index in [1.165, 1.54) is 5.56 Å². The van der Waals surface area contributed by atoms with Gasteiger partial charge in [-0.25, -0.2) is 0 Å². The highest BCUT2D eigenvalue weighted by Crippen LogP contribution is 2.30. The van der Waals surface area contributed by atoms with E-state index in [0.717, 1.165) is 5.56 Å². The zero-order valence-electron chi connectivity index (χ0n) is 15.1. The third kappa shape index (κ3) is 4.99. The van der Waals surface area contributed by atoms with Gasteiger partial charge in [-0.05, 0) is 42.8 Å². The second-order valence-corrected chi connectivity index (χ2v) is 6.50. The number of carbonyl (C=O) groups excluding carboxylic acids is 1. The van der Waals surface area contributed by atoms with E-state index >= 15 is 0 Å². The van der Waals surface area contributed by atoms with Crippen LogP contribution in [0.3, 0.4) is 0 Å². The van der Waals surface area contributed by atoms with Gasteiger partial charge in [-0.2, -0.15) is 0 Å². The highest BCUT2D eigenvalue weighted by Gasteiger charge is 2.10. The predicted octanol–water partition coefficient (Wildman–Crippen LogP) is 4.73. The number of amides is 1. The van der Waals surface area contributed by atoms with Crippen LogP contribution in [0.4, 0.5) is 11.4 Å². The molecule has 1 heterocycles. The van der Waals surface area contributed by atoms with Crippen molar-refractivity contribution in [2.45, 2.75) is 13.5 Å². The molecule has 138 valence electrons. The smallest absolute Gasteiger partial charge is 0.270 e. The van der Waals surface area contributed by atoms with Crippen LogP contribution >= 0.6 is 11.6 Å². The van der Waals surface area contributed by atoms with Crippen molar-refractivity contribution in [2.24, 2.45) is 0 Å². The molecular formula is C21H20ClN3O2. The van der Waals surface area contributed by atoms with Crippen LogP contribution in [0, 0.1) is 6.92 Å². The Morgan fingerprint density at radius 1 is 1.11 bits per heavy atom. The molecule has 1 aromatic heterocycles. The zero-order chi connectivity index (χ0) is 19.2. The summed E-state index contributed by atoms with van der Waals surface area (Å²) in [4.78, 5) is 16.6. The summed E-state index contributed by atoms with van der Waals surface area (Å²) in [7, 11) is 1.59. The van der Waals surface area contributed by atoms with Crippen molar-refractivity contribution >= 4 is 28.9 Å². The number of aromatic nitrogens is 1. The lowest BCUT2D eigenvalue weighted by molar-refractivity contribution is 0.0946. The molecule has 0 aliphatic heterocycles. The minimum atomic E-state index is -0.239. The number of pyridine rings is 1. The molecule has 0 saturated heterocycles. The molecule has 0 bridgehead atoms. The molecule has 0 atom stereocenters. The Morgan fingerprint density at radius 3 is 2.63 bits per heavy atom. The number of nitrogens with one attached hydrogen (secondary N) is 2. The Morgan fingerprint density at radius 2 is 1.89 bits per heavy atom. The standard InChI is InChI=1S/C21H20ClN3O2/c1-14-3-5-15(6-4-14)13-24-21(26)19-12-17(9-10-23-19)25-18-11-16(22)7-8-20(18)27-2/h3-12H,13H2,1-2H3,(H,23,25)(H,24,26). The van der Waals surface area contributed by atoms with Gasteiger partial charge in [-0.3, -0.25) is 9.78 Å². The first-order valence-electron chi connectivity index (χ1n) is 8.45. The monoisotopic (exact) mass is 381 g/mol. The van der Waals surface area contributed by atoms with Crippen molar-refractivity contribution in [2.75, 3.05) is 12.4 Å². The van der Waals surface area contributed by atoms with Gasteiger partial charge in [0.05, 0.1) is 12.8 Å². The van der Waals surface area contributed by atoms with Crippen LogP contribution < -0.4 is 15.4 Å². The van der Waals surface area contributed by atoms with Crippen LogP contribution in [0.1, 0.15) is 21.6 Å². The largest absolute Gasteiger partial charge is 0.495 e. The lowest BCUT2D eigenvalue weighted by Crippen LogP contribution is -2.23. The molecule has 0 spiro atoms. The van der Waals surface area contributed by atoms with Gasteiger partial charge in [-0.15, -0.1) is 0 Å². The minimum absolute atomic E-state index is 0.239. The molecule has 2 aromatic carbocycles. The SMILES string of the molecule is COc1ccc(Cl)cc1Nc1ccnc(C(=O)NCc2ccc(C)cc2)c1. The molecule has 0 unspecified atom stereocenters. The highest BCUT2D eigenvalue weighted by molar-refractivity contribution is 6.31. The summed E-state index contributed by atoms with van der Waals surface area (Å²) in [6.45, 7) is 2.47. The molecular weight excluding hydrogens is 362 g/mol. The second-order valence-electron chi connectivity index (χ2n) is 6.07. The van der Waals surface area contributed by atoms with Crippen LogP contribution in [0.15, 0.2) is 60.8 Å². The maximum absolute atomic E-state index is 12.4. The molecule has 2 N–H and O–H groups in total. The van der Waals surface area contributed by atoms with Crippen LogP contribution in [-0.2, 0) is 6.54 Å². The molecule has 27 heavy (non-hydrogen) atoms. The Labute approximate surface area is 163 Å². The number of ether oxygens (including phenoxy) is 1. The van der Waals surface area contributed by atoms with E-state index < -0.39 is 0 Å². The third-order valence-electron chi connectivity index (χ3n) is 4.01. The van der Waals surface area contributed by atoms with Crippen LogP contribution in [-0.4, -0.2) is 18.0 Å². The summed E-state index contributed by atoms with van der Waals surface area (Å²) in [5, 5.41) is 6.68. The minimum Gasteiger partial charge on any atom is -0.495 e. The lowest BCUT2D eigenvalue weighted by atomic mass is 10.1. The normalized spacial score (nSPS) is 10.3. The number of anilines is 2. The molecule has 5 nitrogen and oxygen atoms in total. The molecule has 1 amide bonds. The summed E-state index contributed by atoms with van der Waals surface area (Å²) in [6.07, 6.45) is 1.58. The number of benzene rings is 2. The fourth-order valence-corrected chi connectivity index (χ4v) is 2.72. The Bertz CT molecular complexity index is 942. The topological polar surface area (TPSA) is 63.2 Å². The second kappa shape index (κ2) is 8.56. The average molecular weight is 382 g/mol. The first kappa shape index (κ1) is 18.7. The van der Waals surface area contributed by atoms with Gasteiger partial charge in [0.25, 0.3) is 5.91 Å². The van der Waals surface area contributed by atoms with Crippen molar-refractivity contribution in [3.8, 4) is 5.75 Å². The Balaban J connectivity index is 1.70. The van der Waals surface area contributed by atoms with Crippen LogP contribution in [0.25, 0.3) is 0 Å². The van der Waals surface area contributed by atoms with E-state index in [4.69, 9.17) is 16.3 Å². The van der Waals surface area contributed by atoms with Gasteiger partial charge in [0.2, 0.25) is 0 Å². The van der Waals surface area contributed by atoms with Gasteiger partial charge < -0.3 is 15.4 Å². The van der Waals surface area contributed by atoms with E-state index in [9.17, 15) is 4.79 Å². The number of hydrogen-bond donors (Lipinski definition) is 2. The van der Waals surface area contributed by atoms with E-state index in [1.807, 2.05) is 31.2 Å². The highest BCUT2D eigenvalue weighted by atomic mass is 35.5. The number of carbonyl (C=O) groups is 1. The lowest BCUT2D eigenvalue weighted by Gasteiger charge is -2.12. The van der Waals surface area contributed by atoms with E-state index in [2.05, 4.69) is 15.6 Å². The Kier molecular flexibility index (Phi) is 5.94. The summed E-state index contributed by atoms with van der Waals surface area (Å²) < 4.78 is 5.33. The number of aryl methyl sites for hydroxylation is 1. The summed E-state index contributed by atoms with van der Waals surface area (Å²) in [5.74, 6) is 0.416. The maximum atomic E-state index is 12.4. The van der Waals surface area contributed by atoms with Gasteiger partial charge in [-0.1, -0.05) is 41.4 Å². The van der Waals surface area contributed by atoms with Crippen molar-refractivity contribution in [1.29, 1.82) is 0 Å². The zero-order valence-corrected chi connectivity index (χ0v) is 15.9. The van der Waals surface area contributed by atoms with Crippen LogP contribution in [0.5, 0.6) is 5.75 Å². The van der Waals surface area contributed by atoms with Gasteiger partial charge in [0, 0.05) is 23.5 Å². The van der Waals surface area contributed by atoms with E-state index in [-0.39, 0.29) is 5.91 Å². The Hall–Kier alpha value is -3.05. The predicted molar refractivity (Wildman–Crippen MR) is 108 cm³/mol. The first-order valence-corrected chi connectivity index (χ1v) is 8.83. The van der Waals surface area contributed by atoms with Crippen molar-refractivity contribution in [1.82, 2.24) is 10.3 Å². The molecule has 3 aromatic rings. The summed E-state index contributed by atoms with van der Waals surface area (Å²) in [6, 6.07) is 16.8. The maximum Gasteiger partial charge on any atom is 0.270 e. The van der Waals surface area contributed by atoms with Crippen molar-refractivity contribution in [3.05, 3.63) is 82.6 Å². The van der Waals surface area contributed by atoms with E-state index in [0.29, 0.717) is 34.4 Å². The first-order chi connectivity index (χ1) is 13.0. The molecule has 3 rings (SSSR count). The molecule has 0 fully saturated rings. The fourth-order valence-electron chi connectivity index (χ4n) is 2.54. The number of halogens is 1. The summed E-state index contributed by atoms with van der Waals surface area (Å²) >= 11 is 6.06. The van der Waals surface area contributed by atoms with Crippen LogP contribution in [0.2, 0.25) is 5.02 Å². The number of rotatable bonds is 6. The molecule has 0 radical (unpaired) electrons. The van der Waals surface area contributed by atoms with E-state index in [1.54, 1.807) is 43.6 Å². The van der Waals surface area contributed by atoms with Crippen molar-refractivity contribution < 1.29 is 9.53 Å². The number of methoxy groups -OCH3 is 1. The third-order valence-corrected chi connectivity index (χ3v) is 4.24. The molecule has 0 aliphatic carbocycles. The van der Waals surface area contributed by atoms with Gasteiger partial charge in [0.1, 0.15) is 11.4 Å². The molecule has 6 heteroatoms. The van der Waals surface area contributed by atoms with Gasteiger partial charge in [0.15, 0.2) is 0 Å². The number of hydrogen-bond acceptors (Lipinski definition) is 4. The number of nitrogens with zero attached hydrogens (tertiary/aromatic N) is 1. The molecule has 0 saturated carbocycles. The summed E-state index contributed by atoms with van der Waals surface area (Å²) in [5.41, 5.74) is 3.97. The fraction of sp³-hybridized carbons (Fsp3) is 0.143. The quantitative estimate of drug-likeness (QED) is 0.648. The van der Waals surface area contributed by atoms with Gasteiger partial charge >= 0.3 is 0 Å². The average Bonchev–Trinajstić information content (AvgIpc) is 2.68.